The van der Waals surface area contributed by atoms with Gasteiger partial charge in [0.2, 0.25) is 0 Å². The van der Waals surface area contributed by atoms with Crippen molar-refractivity contribution in [3.8, 4) is 0 Å². The topological polar surface area (TPSA) is 69.4 Å². The number of nitrogens with two attached hydrogens (primary N) is 1. The zero-order chi connectivity index (χ0) is 12.9. The molecule has 4 nitrogen and oxygen atoms in total. The number of esters is 1. The quantitative estimate of drug-likeness (QED) is 0.853. The van der Waals surface area contributed by atoms with Gasteiger partial charge in [-0.3, -0.25) is 4.79 Å². The summed E-state index contributed by atoms with van der Waals surface area (Å²) in [5.41, 5.74) is 6.90. The lowest BCUT2D eigenvalue weighted by molar-refractivity contribution is 0.0522. The van der Waals surface area contributed by atoms with Crippen LogP contribution < -0.4 is 5.73 Å². The normalized spacial score (nSPS) is 24.1. The molecular formula is C13H15NO3S. The number of hydrogen-bond donors (Lipinski definition) is 1. The molecule has 2 aliphatic rings. The Labute approximate surface area is 109 Å². The van der Waals surface area contributed by atoms with Crippen LogP contribution in [-0.2, 0) is 4.74 Å². The van der Waals surface area contributed by atoms with Crippen molar-refractivity contribution in [1.82, 2.24) is 0 Å². The molecule has 0 aromatic carbocycles. The maximum atomic E-state index is 12.0. The predicted molar refractivity (Wildman–Crippen MR) is 68.1 cm³/mol. The SMILES string of the molecule is CCOC(=O)c1c(C(N)=O)sc2c1C1CCC2C1. The molecule has 2 unspecified atom stereocenters. The van der Waals surface area contributed by atoms with Gasteiger partial charge in [0.15, 0.2) is 0 Å². The van der Waals surface area contributed by atoms with E-state index < -0.39 is 11.9 Å². The van der Waals surface area contributed by atoms with Gasteiger partial charge in [-0.15, -0.1) is 11.3 Å². The number of hydrogen-bond acceptors (Lipinski definition) is 4. The fraction of sp³-hybridized carbons (Fsp3) is 0.538. The summed E-state index contributed by atoms with van der Waals surface area (Å²) >= 11 is 1.40. The molecule has 2 bridgehead atoms. The van der Waals surface area contributed by atoms with Crippen molar-refractivity contribution in [1.29, 1.82) is 0 Å². The Morgan fingerprint density at radius 2 is 2.11 bits per heavy atom. The Balaban J connectivity index is 2.13. The van der Waals surface area contributed by atoms with Crippen LogP contribution >= 0.6 is 11.3 Å². The summed E-state index contributed by atoms with van der Waals surface area (Å²) < 4.78 is 5.07. The van der Waals surface area contributed by atoms with Crippen LogP contribution in [0.25, 0.3) is 0 Å². The number of primary amides is 1. The second-order valence-corrected chi connectivity index (χ2v) is 5.93. The second kappa shape index (κ2) is 4.09. The minimum Gasteiger partial charge on any atom is -0.462 e. The predicted octanol–water partition coefficient (Wildman–Crippen LogP) is 2.39. The number of carbonyl (C=O) groups is 2. The Morgan fingerprint density at radius 1 is 1.39 bits per heavy atom. The van der Waals surface area contributed by atoms with E-state index in [1.54, 1.807) is 6.92 Å². The molecule has 0 radical (unpaired) electrons. The fourth-order valence-corrected chi connectivity index (χ4v) is 4.61. The molecule has 2 aliphatic carbocycles. The number of rotatable bonds is 3. The summed E-state index contributed by atoms with van der Waals surface area (Å²) in [6, 6.07) is 0. The molecule has 1 saturated carbocycles. The molecule has 5 heteroatoms. The lowest BCUT2D eigenvalue weighted by atomic mass is 9.94. The van der Waals surface area contributed by atoms with E-state index in [4.69, 9.17) is 10.5 Å². The standard InChI is InChI=1S/C13H15NO3S/c1-2-17-13(16)9-8-6-3-4-7(5-6)10(8)18-11(9)12(14)15/h6-7H,2-5H2,1H3,(H2,14,15). The molecule has 2 atom stereocenters. The van der Waals surface area contributed by atoms with Crippen molar-refractivity contribution in [2.24, 2.45) is 5.73 Å². The van der Waals surface area contributed by atoms with Crippen LogP contribution in [0, 0.1) is 0 Å². The number of ether oxygens (including phenoxy) is 1. The lowest BCUT2D eigenvalue weighted by Crippen LogP contribution is -2.17. The molecule has 0 saturated heterocycles. The van der Waals surface area contributed by atoms with Gasteiger partial charge < -0.3 is 10.5 Å². The molecule has 1 heterocycles. The number of fused-ring (bicyclic) bond motifs is 5. The summed E-state index contributed by atoms with van der Waals surface area (Å²) in [6.07, 6.45) is 3.39. The first-order valence-corrected chi connectivity index (χ1v) is 7.08. The largest absolute Gasteiger partial charge is 0.462 e. The van der Waals surface area contributed by atoms with Crippen molar-refractivity contribution in [2.75, 3.05) is 6.61 Å². The van der Waals surface area contributed by atoms with Gasteiger partial charge in [0.05, 0.1) is 12.2 Å². The van der Waals surface area contributed by atoms with Gasteiger partial charge >= 0.3 is 5.97 Å². The third kappa shape index (κ3) is 1.50. The molecule has 1 fully saturated rings. The van der Waals surface area contributed by atoms with Crippen LogP contribution in [0.1, 0.15) is 68.5 Å². The summed E-state index contributed by atoms with van der Waals surface area (Å²) in [5.74, 6) is 0.0400. The number of amides is 1. The van der Waals surface area contributed by atoms with Gasteiger partial charge in [-0.2, -0.15) is 0 Å². The fourth-order valence-electron chi connectivity index (χ4n) is 3.23. The number of thiophene rings is 1. The van der Waals surface area contributed by atoms with E-state index in [0.29, 0.717) is 28.9 Å². The first-order chi connectivity index (χ1) is 8.63. The second-order valence-electron chi connectivity index (χ2n) is 4.88. The van der Waals surface area contributed by atoms with Crippen molar-refractivity contribution < 1.29 is 14.3 Å². The van der Waals surface area contributed by atoms with Gasteiger partial charge in [0.1, 0.15) is 4.88 Å². The molecule has 1 amide bonds. The first kappa shape index (κ1) is 11.7. The Hall–Kier alpha value is -1.36. The summed E-state index contributed by atoms with van der Waals surface area (Å²) in [7, 11) is 0. The summed E-state index contributed by atoms with van der Waals surface area (Å²) in [6.45, 7) is 2.08. The summed E-state index contributed by atoms with van der Waals surface area (Å²) in [5, 5.41) is 0. The Kier molecular flexibility index (Phi) is 2.66. The minimum absolute atomic E-state index is 0.315. The van der Waals surface area contributed by atoms with Gasteiger partial charge in [0, 0.05) is 4.88 Å². The molecule has 96 valence electrons. The first-order valence-electron chi connectivity index (χ1n) is 6.27. The molecule has 0 spiro atoms. The van der Waals surface area contributed by atoms with E-state index in [9.17, 15) is 9.59 Å². The van der Waals surface area contributed by atoms with E-state index >= 15 is 0 Å². The van der Waals surface area contributed by atoms with Crippen LogP contribution in [0.5, 0.6) is 0 Å². The highest BCUT2D eigenvalue weighted by molar-refractivity contribution is 7.14. The van der Waals surface area contributed by atoms with Gasteiger partial charge in [-0.1, -0.05) is 0 Å². The van der Waals surface area contributed by atoms with E-state index in [-0.39, 0.29) is 0 Å². The molecule has 0 aliphatic heterocycles. The van der Waals surface area contributed by atoms with Crippen LogP contribution in [0.4, 0.5) is 0 Å². The average molecular weight is 265 g/mol. The van der Waals surface area contributed by atoms with E-state index in [0.717, 1.165) is 18.4 Å². The average Bonchev–Trinajstić information content (AvgIpc) is 3.00. The molecule has 1 aromatic heterocycles. The lowest BCUT2D eigenvalue weighted by Gasteiger charge is -2.12. The van der Waals surface area contributed by atoms with Crippen LogP contribution in [0.15, 0.2) is 0 Å². The third-order valence-electron chi connectivity index (χ3n) is 3.89. The third-order valence-corrected chi connectivity index (χ3v) is 5.27. The maximum Gasteiger partial charge on any atom is 0.340 e. The molecule has 2 N–H and O–H groups in total. The smallest absolute Gasteiger partial charge is 0.340 e. The molecule has 3 rings (SSSR count). The highest BCUT2D eigenvalue weighted by atomic mass is 32.1. The van der Waals surface area contributed by atoms with E-state index in [2.05, 4.69) is 0 Å². The Morgan fingerprint density at radius 3 is 2.78 bits per heavy atom. The van der Waals surface area contributed by atoms with Gasteiger partial charge in [-0.05, 0) is 43.6 Å². The van der Waals surface area contributed by atoms with Gasteiger partial charge in [-0.25, -0.2) is 4.79 Å². The van der Waals surface area contributed by atoms with E-state index in [1.165, 1.54) is 22.6 Å². The van der Waals surface area contributed by atoms with Crippen molar-refractivity contribution in [3.63, 3.8) is 0 Å². The van der Waals surface area contributed by atoms with Crippen LogP contribution in [0.3, 0.4) is 0 Å². The molecule has 1 aromatic rings. The van der Waals surface area contributed by atoms with Crippen molar-refractivity contribution in [3.05, 3.63) is 20.9 Å². The zero-order valence-electron chi connectivity index (χ0n) is 10.2. The number of carbonyl (C=O) groups excluding carboxylic acids is 2. The molecule has 18 heavy (non-hydrogen) atoms. The monoisotopic (exact) mass is 265 g/mol. The minimum atomic E-state index is -0.517. The molecular weight excluding hydrogens is 250 g/mol. The highest BCUT2D eigenvalue weighted by Gasteiger charge is 2.43. The maximum absolute atomic E-state index is 12.0. The van der Waals surface area contributed by atoms with Gasteiger partial charge in [0.25, 0.3) is 5.91 Å². The van der Waals surface area contributed by atoms with Crippen molar-refractivity contribution >= 4 is 23.2 Å². The van der Waals surface area contributed by atoms with Crippen LogP contribution in [0.2, 0.25) is 0 Å². The Bertz CT molecular complexity index is 535. The highest BCUT2D eigenvalue weighted by Crippen LogP contribution is 2.57. The van der Waals surface area contributed by atoms with Crippen LogP contribution in [-0.4, -0.2) is 18.5 Å². The van der Waals surface area contributed by atoms with E-state index in [1.807, 2.05) is 0 Å². The zero-order valence-corrected chi connectivity index (χ0v) is 11.0. The summed E-state index contributed by atoms with van der Waals surface area (Å²) in [4.78, 5) is 25.1. The van der Waals surface area contributed by atoms with Crippen molar-refractivity contribution in [2.45, 2.75) is 38.0 Å².